The molecule has 1 amide bonds. The van der Waals surface area contributed by atoms with E-state index in [0.29, 0.717) is 5.56 Å². The Hall–Kier alpha value is -3.95. The number of thiocarbonyl (C=S) groups is 1. The number of hydrogen-bond acceptors (Lipinski definition) is 6. The molecule has 0 unspecified atom stereocenters. The molecule has 7 nitrogen and oxygen atoms in total. The Kier molecular flexibility index (Phi) is 6.29. The van der Waals surface area contributed by atoms with Crippen LogP contribution in [0, 0.1) is 10.1 Å². The highest BCUT2D eigenvalue weighted by Crippen LogP contribution is 2.30. The topological polar surface area (TPSA) is 97.2 Å². The molecule has 0 saturated carbocycles. The first-order valence-corrected chi connectivity index (χ1v) is 10.7. The van der Waals surface area contributed by atoms with Gasteiger partial charge >= 0.3 is 0 Å². The lowest BCUT2D eigenvalue weighted by molar-refractivity contribution is -0.384. The number of fused-ring (bicyclic) bond motifs is 1. The van der Waals surface area contributed by atoms with Gasteiger partial charge in [0.1, 0.15) is 5.01 Å². The minimum absolute atomic E-state index is 0.0426. The van der Waals surface area contributed by atoms with E-state index in [0.717, 1.165) is 26.5 Å². The summed E-state index contributed by atoms with van der Waals surface area (Å²) in [5.74, 6) is -0.444. The number of aromatic nitrogens is 1. The summed E-state index contributed by atoms with van der Waals surface area (Å²) in [5.41, 5.74) is 3.18. The van der Waals surface area contributed by atoms with Gasteiger partial charge in [-0.15, -0.1) is 11.3 Å². The minimum Gasteiger partial charge on any atom is -0.332 e. The molecule has 158 valence electrons. The first-order valence-electron chi connectivity index (χ1n) is 9.48. The lowest BCUT2D eigenvalue weighted by Crippen LogP contribution is -2.32. The normalized spacial score (nSPS) is 10.9. The maximum atomic E-state index is 12.1. The van der Waals surface area contributed by atoms with Crippen LogP contribution in [-0.2, 0) is 4.79 Å². The van der Waals surface area contributed by atoms with E-state index in [1.165, 1.54) is 24.3 Å². The molecule has 4 rings (SSSR count). The number of para-hydroxylation sites is 1. The van der Waals surface area contributed by atoms with Crippen LogP contribution in [0.1, 0.15) is 5.56 Å². The predicted molar refractivity (Wildman–Crippen MR) is 132 cm³/mol. The molecule has 0 aliphatic carbocycles. The van der Waals surface area contributed by atoms with Crippen molar-refractivity contribution in [2.45, 2.75) is 0 Å². The summed E-state index contributed by atoms with van der Waals surface area (Å²) < 4.78 is 1.13. The van der Waals surface area contributed by atoms with Crippen LogP contribution in [0.2, 0.25) is 0 Å². The first kappa shape index (κ1) is 21.3. The summed E-state index contributed by atoms with van der Waals surface area (Å²) in [4.78, 5) is 27.1. The van der Waals surface area contributed by atoms with E-state index >= 15 is 0 Å². The average Bonchev–Trinajstić information content (AvgIpc) is 3.22. The fourth-order valence-electron chi connectivity index (χ4n) is 2.92. The van der Waals surface area contributed by atoms with E-state index in [2.05, 4.69) is 15.6 Å². The van der Waals surface area contributed by atoms with E-state index < -0.39 is 10.8 Å². The number of rotatable bonds is 5. The Morgan fingerprint density at radius 1 is 1.06 bits per heavy atom. The third-order valence-corrected chi connectivity index (χ3v) is 5.72. The highest BCUT2D eigenvalue weighted by atomic mass is 32.1. The molecular formula is C23H16N4O3S2. The van der Waals surface area contributed by atoms with Crippen LogP contribution in [0.4, 0.5) is 11.4 Å². The SMILES string of the molecule is O=C(C=Cc1cccc([N+](=O)[O-])c1)NC(=S)Nc1ccc(-c2nc3ccccc3s2)cc1. The van der Waals surface area contributed by atoms with Crippen molar-refractivity contribution in [3.8, 4) is 10.6 Å². The van der Waals surface area contributed by atoms with E-state index in [1.54, 1.807) is 23.5 Å². The molecule has 1 heterocycles. The number of nitro benzene ring substituents is 1. The van der Waals surface area contributed by atoms with Gasteiger partial charge in [-0.05, 0) is 60.3 Å². The third kappa shape index (κ3) is 5.20. The number of nitro groups is 1. The molecule has 0 spiro atoms. The number of non-ortho nitro benzene ring substituents is 1. The maximum absolute atomic E-state index is 12.1. The van der Waals surface area contributed by atoms with Crippen LogP contribution in [0.15, 0.2) is 78.9 Å². The van der Waals surface area contributed by atoms with Gasteiger partial charge in [0.2, 0.25) is 5.91 Å². The molecule has 0 aliphatic rings. The molecule has 0 atom stereocenters. The molecular weight excluding hydrogens is 444 g/mol. The Labute approximate surface area is 192 Å². The van der Waals surface area contributed by atoms with Gasteiger partial charge in [0, 0.05) is 29.5 Å². The molecule has 32 heavy (non-hydrogen) atoms. The van der Waals surface area contributed by atoms with Crippen molar-refractivity contribution in [3.63, 3.8) is 0 Å². The second kappa shape index (κ2) is 9.46. The van der Waals surface area contributed by atoms with E-state index in [9.17, 15) is 14.9 Å². The number of nitrogens with one attached hydrogen (secondary N) is 2. The number of benzene rings is 3. The molecule has 0 aliphatic heterocycles. The molecule has 0 fully saturated rings. The largest absolute Gasteiger partial charge is 0.332 e. The van der Waals surface area contributed by atoms with E-state index in [4.69, 9.17) is 12.2 Å². The van der Waals surface area contributed by atoms with Gasteiger partial charge in [-0.3, -0.25) is 20.2 Å². The van der Waals surface area contributed by atoms with Crippen LogP contribution < -0.4 is 10.6 Å². The molecule has 0 saturated heterocycles. The van der Waals surface area contributed by atoms with Crippen molar-refractivity contribution >= 4 is 62.2 Å². The second-order valence-electron chi connectivity index (χ2n) is 6.69. The number of nitrogens with zero attached hydrogens (tertiary/aromatic N) is 2. The summed E-state index contributed by atoms with van der Waals surface area (Å²) in [5, 5.41) is 17.4. The summed E-state index contributed by atoms with van der Waals surface area (Å²) >= 11 is 6.82. The second-order valence-corrected chi connectivity index (χ2v) is 8.13. The standard InChI is InChI=1S/C23H16N4O3S2/c28-21(13-8-15-4-3-5-18(14-15)27(29)30)26-23(31)24-17-11-9-16(10-12-17)22-25-19-6-1-2-7-20(19)32-22/h1-14H,(H2,24,26,28,31). The van der Waals surface area contributed by atoms with Crippen LogP contribution in [0.3, 0.4) is 0 Å². The molecule has 9 heteroatoms. The highest BCUT2D eigenvalue weighted by molar-refractivity contribution is 7.80. The van der Waals surface area contributed by atoms with Gasteiger partial charge < -0.3 is 5.32 Å². The number of anilines is 1. The number of carbonyl (C=O) groups is 1. The molecule has 3 aromatic carbocycles. The van der Waals surface area contributed by atoms with Gasteiger partial charge in [-0.1, -0.05) is 24.3 Å². The minimum atomic E-state index is -0.488. The van der Waals surface area contributed by atoms with Gasteiger partial charge in [-0.2, -0.15) is 0 Å². The Morgan fingerprint density at radius 3 is 2.59 bits per heavy atom. The summed E-state index contributed by atoms with van der Waals surface area (Å²) in [6, 6.07) is 21.6. The number of thiazole rings is 1. The molecule has 0 bridgehead atoms. The lowest BCUT2D eigenvalue weighted by atomic mass is 10.2. The average molecular weight is 461 g/mol. The molecule has 4 aromatic rings. The van der Waals surface area contributed by atoms with Crippen LogP contribution in [-0.4, -0.2) is 20.9 Å². The molecule has 2 N–H and O–H groups in total. The maximum Gasteiger partial charge on any atom is 0.270 e. The Bertz CT molecular complexity index is 1310. The van der Waals surface area contributed by atoms with Gasteiger partial charge in [-0.25, -0.2) is 4.98 Å². The summed E-state index contributed by atoms with van der Waals surface area (Å²) in [7, 11) is 0. The zero-order valence-corrected chi connectivity index (χ0v) is 18.2. The van der Waals surface area contributed by atoms with Crippen LogP contribution in [0.25, 0.3) is 26.9 Å². The number of carbonyl (C=O) groups excluding carboxylic acids is 1. The van der Waals surface area contributed by atoms with Crippen molar-refractivity contribution in [1.29, 1.82) is 0 Å². The highest BCUT2D eigenvalue weighted by Gasteiger charge is 2.07. The fraction of sp³-hybridized carbons (Fsp3) is 0. The quantitative estimate of drug-likeness (QED) is 0.179. The molecule has 1 aromatic heterocycles. The van der Waals surface area contributed by atoms with Crippen molar-refractivity contribution in [2.75, 3.05) is 5.32 Å². The monoisotopic (exact) mass is 460 g/mol. The lowest BCUT2D eigenvalue weighted by Gasteiger charge is -2.08. The summed E-state index contributed by atoms with van der Waals surface area (Å²) in [6.07, 6.45) is 2.75. The van der Waals surface area contributed by atoms with Gasteiger partial charge in [0.25, 0.3) is 5.69 Å². The Balaban J connectivity index is 1.35. The number of hydrogen-bond donors (Lipinski definition) is 2. The summed E-state index contributed by atoms with van der Waals surface area (Å²) in [6.45, 7) is 0. The van der Waals surface area contributed by atoms with E-state index in [1.807, 2.05) is 48.5 Å². The zero-order valence-electron chi connectivity index (χ0n) is 16.5. The van der Waals surface area contributed by atoms with Crippen LogP contribution in [0.5, 0.6) is 0 Å². The predicted octanol–water partition coefficient (Wildman–Crippen LogP) is 5.40. The Morgan fingerprint density at radius 2 is 1.84 bits per heavy atom. The van der Waals surface area contributed by atoms with Gasteiger partial charge in [0.15, 0.2) is 5.11 Å². The fourth-order valence-corrected chi connectivity index (χ4v) is 4.11. The van der Waals surface area contributed by atoms with Crippen molar-refractivity contribution < 1.29 is 9.72 Å². The number of amides is 1. The smallest absolute Gasteiger partial charge is 0.270 e. The van der Waals surface area contributed by atoms with Gasteiger partial charge in [0.05, 0.1) is 15.1 Å². The zero-order chi connectivity index (χ0) is 22.5. The van der Waals surface area contributed by atoms with Crippen molar-refractivity contribution in [2.24, 2.45) is 0 Å². The van der Waals surface area contributed by atoms with Crippen molar-refractivity contribution in [3.05, 3.63) is 94.6 Å². The van der Waals surface area contributed by atoms with Crippen LogP contribution >= 0.6 is 23.6 Å². The molecule has 0 radical (unpaired) electrons. The van der Waals surface area contributed by atoms with E-state index in [-0.39, 0.29) is 10.8 Å². The van der Waals surface area contributed by atoms with Crippen molar-refractivity contribution in [1.82, 2.24) is 10.3 Å². The third-order valence-electron chi connectivity index (χ3n) is 4.43. The first-order chi connectivity index (χ1) is 15.5.